The molecule has 0 aromatic carbocycles. The molecule has 2 rings (SSSR count). The Bertz CT molecular complexity index is 359. The Morgan fingerprint density at radius 2 is 2.19 bits per heavy atom. The van der Waals surface area contributed by atoms with E-state index in [-0.39, 0.29) is 6.10 Å². The maximum atomic E-state index is 5.88. The molecule has 0 bridgehead atoms. The summed E-state index contributed by atoms with van der Waals surface area (Å²) in [5.41, 5.74) is 0. The van der Waals surface area contributed by atoms with E-state index in [2.05, 4.69) is 9.97 Å². The zero-order chi connectivity index (χ0) is 11.4. The Morgan fingerprint density at radius 3 is 2.88 bits per heavy atom. The van der Waals surface area contributed by atoms with Gasteiger partial charge < -0.3 is 9.47 Å². The van der Waals surface area contributed by atoms with E-state index in [1.54, 1.807) is 6.07 Å². The van der Waals surface area contributed by atoms with Crippen LogP contribution < -0.4 is 4.74 Å². The van der Waals surface area contributed by atoms with Crippen molar-refractivity contribution in [2.75, 3.05) is 19.5 Å². The maximum Gasteiger partial charge on any atom is 0.219 e. The average molecular weight is 261 g/mol. The van der Waals surface area contributed by atoms with Gasteiger partial charge in [-0.15, -0.1) is 0 Å². The van der Waals surface area contributed by atoms with Crippen LogP contribution in [0.5, 0.6) is 5.88 Å². The first-order valence-electron chi connectivity index (χ1n) is 5.11. The summed E-state index contributed by atoms with van der Waals surface area (Å²) in [5.74, 6) is 0.552. The molecule has 0 aliphatic carbocycles. The van der Waals surface area contributed by atoms with Crippen molar-refractivity contribution in [3.05, 3.63) is 11.2 Å². The first-order chi connectivity index (χ1) is 7.78. The van der Waals surface area contributed by atoms with Crippen LogP contribution >= 0.6 is 23.4 Å². The predicted octanol–water partition coefficient (Wildman–Crippen LogP) is 2.41. The van der Waals surface area contributed by atoms with Crippen molar-refractivity contribution in [2.45, 2.75) is 24.1 Å². The third-order valence-electron chi connectivity index (χ3n) is 2.29. The third-order valence-corrected chi connectivity index (χ3v) is 3.03. The summed E-state index contributed by atoms with van der Waals surface area (Å²) in [6.45, 7) is 1.50. The molecule has 1 aliphatic rings. The van der Waals surface area contributed by atoms with E-state index in [9.17, 15) is 0 Å². The van der Waals surface area contributed by atoms with Crippen LogP contribution in [0, 0.1) is 0 Å². The van der Waals surface area contributed by atoms with Gasteiger partial charge in [-0.1, -0.05) is 23.4 Å². The number of hydrogen-bond acceptors (Lipinski definition) is 5. The fourth-order valence-corrected chi connectivity index (χ4v) is 2.09. The van der Waals surface area contributed by atoms with Crippen LogP contribution in [-0.4, -0.2) is 35.5 Å². The van der Waals surface area contributed by atoms with Crippen molar-refractivity contribution >= 4 is 23.4 Å². The Kier molecular flexibility index (Phi) is 4.26. The van der Waals surface area contributed by atoms with Crippen LogP contribution in [0.1, 0.15) is 12.8 Å². The molecular weight excluding hydrogens is 248 g/mol. The molecule has 0 unspecified atom stereocenters. The second kappa shape index (κ2) is 5.70. The van der Waals surface area contributed by atoms with Crippen molar-refractivity contribution in [1.82, 2.24) is 9.97 Å². The van der Waals surface area contributed by atoms with Gasteiger partial charge >= 0.3 is 0 Å². The van der Waals surface area contributed by atoms with Gasteiger partial charge in [-0.25, -0.2) is 4.98 Å². The number of halogens is 1. The smallest absolute Gasteiger partial charge is 0.219 e. The van der Waals surface area contributed by atoms with Crippen molar-refractivity contribution in [2.24, 2.45) is 0 Å². The number of nitrogens with zero attached hydrogens (tertiary/aromatic N) is 2. The molecule has 88 valence electrons. The number of ether oxygens (including phenoxy) is 2. The minimum Gasteiger partial charge on any atom is -0.474 e. The van der Waals surface area contributed by atoms with Crippen LogP contribution in [0.4, 0.5) is 0 Å². The molecule has 2 heterocycles. The summed E-state index contributed by atoms with van der Waals surface area (Å²) >= 11 is 7.33. The van der Waals surface area contributed by atoms with Crippen LogP contribution in [0.15, 0.2) is 11.2 Å². The van der Waals surface area contributed by atoms with E-state index in [0.717, 1.165) is 26.1 Å². The zero-order valence-corrected chi connectivity index (χ0v) is 10.6. The molecule has 1 aromatic heterocycles. The molecule has 0 radical (unpaired) electrons. The predicted molar refractivity (Wildman–Crippen MR) is 63.3 cm³/mol. The Labute approximate surface area is 104 Å². The molecule has 0 spiro atoms. The lowest BCUT2D eigenvalue weighted by Gasteiger charge is -2.22. The van der Waals surface area contributed by atoms with Gasteiger partial charge in [0.2, 0.25) is 5.88 Å². The summed E-state index contributed by atoms with van der Waals surface area (Å²) in [6, 6.07) is 1.65. The van der Waals surface area contributed by atoms with Crippen LogP contribution in [0.25, 0.3) is 0 Å². The van der Waals surface area contributed by atoms with Crippen LogP contribution in [0.3, 0.4) is 0 Å². The molecular formula is C10H13ClN2O2S. The summed E-state index contributed by atoms with van der Waals surface area (Å²) in [7, 11) is 0. The second-order valence-corrected chi connectivity index (χ2v) is 4.61. The van der Waals surface area contributed by atoms with Gasteiger partial charge in [0.05, 0.1) is 13.2 Å². The molecule has 1 aromatic rings. The molecule has 1 fully saturated rings. The average Bonchev–Trinajstić information content (AvgIpc) is 2.29. The van der Waals surface area contributed by atoms with Gasteiger partial charge in [-0.05, 0) is 6.26 Å². The summed E-state index contributed by atoms with van der Waals surface area (Å²) in [6.07, 6.45) is 3.88. The normalized spacial score (nSPS) is 17.4. The van der Waals surface area contributed by atoms with Crippen LogP contribution in [-0.2, 0) is 4.74 Å². The SMILES string of the molecule is CSc1nc(Cl)cc(OC2CCOCC2)n1. The molecule has 4 nitrogen and oxygen atoms in total. The van der Waals surface area contributed by atoms with E-state index in [1.165, 1.54) is 11.8 Å². The monoisotopic (exact) mass is 260 g/mol. The van der Waals surface area contributed by atoms with E-state index >= 15 is 0 Å². The number of rotatable bonds is 3. The van der Waals surface area contributed by atoms with Gasteiger partial charge in [0, 0.05) is 18.9 Å². The summed E-state index contributed by atoms with van der Waals surface area (Å²) < 4.78 is 11.0. The van der Waals surface area contributed by atoms with Gasteiger partial charge in [-0.2, -0.15) is 4.98 Å². The van der Waals surface area contributed by atoms with Gasteiger partial charge in [0.15, 0.2) is 5.16 Å². The quantitative estimate of drug-likeness (QED) is 0.474. The minimum absolute atomic E-state index is 0.175. The highest BCUT2D eigenvalue weighted by atomic mass is 35.5. The highest BCUT2D eigenvalue weighted by Gasteiger charge is 2.16. The highest BCUT2D eigenvalue weighted by molar-refractivity contribution is 7.98. The van der Waals surface area contributed by atoms with Crippen molar-refractivity contribution in [3.63, 3.8) is 0 Å². The fraction of sp³-hybridized carbons (Fsp3) is 0.600. The lowest BCUT2D eigenvalue weighted by Crippen LogP contribution is -2.26. The highest BCUT2D eigenvalue weighted by Crippen LogP contribution is 2.21. The maximum absolute atomic E-state index is 5.88. The Balaban J connectivity index is 2.04. The van der Waals surface area contributed by atoms with Crippen LogP contribution in [0.2, 0.25) is 5.15 Å². The Hall–Kier alpha value is -0.520. The summed E-state index contributed by atoms with van der Waals surface area (Å²) in [5, 5.41) is 1.05. The summed E-state index contributed by atoms with van der Waals surface area (Å²) in [4.78, 5) is 8.31. The van der Waals surface area contributed by atoms with Gasteiger partial charge in [0.25, 0.3) is 0 Å². The first-order valence-corrected chi connectivity index (χ1v) is 6.71. The van der Waals surface area contributed by atoms with E-state index in [0.29, 0.717) is 16.2 Å². The van der Waals surface area contributed by atoms with E-state index in [1.807, 2.05) is 6.26 Å². The van der Waals surface area contributed by atoms with Gasteiger partial charge in [-0.3, -0.25) is 0 Å². The number of hydrogen-bond donors (Lipinski definition) is 0. The number of aromatic nitrogens is 2. The molecule has 16 heavy (non-hydrogen) atoms. The second-order valence-electron chi connectivity index (χ2n) is 3.45. The van der Waals surface area contributed by atoms with E-state index in [4.69, 9.17) is 21.1 Å². The molecule has 0 saturated carbocycles. The molecule has 0 amide bonds. The van der Waals surface area contributed by atoms with Gasteiger partial charge in [0.1, 0.15) is 11.3 Å². The van der Waals surface area contributed by atoms with E-state index < -0.39 is 0 Å². The van der Waals surface area contributed by atoms with Crippen molar-refractivity contribution < 1.29 is 9.47 Å². The lowest BCUT2D eigenvalue weighted by atomic mass is 10.2. The first kappa shape index (κ1) is 12.0. The minimum atomic E-state index is 0.175. The molecule has 1 aliphatic heterocycles. The number of thioether (sulfide) groups is 1. The standard InChI is InChI=1S/C10H13ClN2O2S/c1-16-10-12-8(11)6-9(13-10)15-7-2-4-14-5-3-7/h6-7H,2-5H2,1H3. The molecule has 6 heteroatoms. The topological polar surface area (TPSA) is 44.2 Å². The zero-order valence-electron chi connectivity index (χ0n) is 8.98. The fourth-order valence-electron chi connectivity index (χ4n) is 1.49. The van der Waals surface area contributed by atoms with Crippen molar-refractivity contribution in [1.29, 1.82) is 0 Å². The Morgan fingerprint density at radius 1 is 1.44 bits per heavy atom. The van der Waals surface area contributed by atoms with Crippen molar-refractivity contribution in [3.8, 4) is 5.88 Å². The third kappa shape index (κ3) is 3.23. The molecule has 0 N–H and O–H groups in total. The lowest BCUT2D eigenvalue weighted by molar-refractivity contribution is 0.0234. The molecule has 1 saturated heterocycles. The largest absolute Gasteiger partial charge is 0.474 e. The molecule has 0 atom stereocenters.